The average molecular weight is 177 g/mol. The molecule has 1 rings (SSSR count). The molecule has 48 valence electrons. The van der Waals surface area contributed by atoms with Crippen LogP contribution in [0.5, 0.6) is 0 Å². The Bertz CT molecular complexity index is 222. The third kappa shape index (κ3) is 1.71. The smallest absolute Gasteiger partial charge is 0.0405 e. The molecular weight excluding hydrogens is 171 g/mol. The molecule has 0 saturated carbocycles. The Balaban J connectivity index is 3.17. The monoisotopic (exact) mass is 176 g/mol. The predicted octanol–water partition coefficient (Wildman–Crippen LogP) is 0.984. The van der Waals surface area contributed by atoms with Crippen LogP contribution in [0.2, 0.25) is 10.0 Å². The van der Waals surface area contributed by atoms with Crippen LogP contribution in [-0.2, 0) is 0 Å². The molecule has 0 aliphatic carbocycles. The van der Waals surface area contributed by atoms with Gasteiger partial charge >= 0.3 is 0 Å². The molecule has 0 aliphatic heterocycles. The van der Waals surface area contributed by atoms with Gasteiger partial charge in [-0.05, 0) is 18.2 Å². The molecule has 0 fully saturated rings. The summed E-state index contributed by atoms with van der Waals surface area (Å²) < 4.78 is 0. The van der Waals surface area contributed by atoms with E-state index in [0.717, 1.165) is 25.5 Å². The van der Waals surface area contributed by atoms with Crippen LogP contribution in [0.3, 0.4) is 0 Å². The highest BCUT2D eigenvalue weighted by Gasteiger charge is 1.92. The molecular formula is C6H6Cl2Si. The van der Waals surface area contributed by atoms with Gasteiger partial charge in [0, 0.05) is 20.3 Å². The van der Waals surface area contributed by atoms with Gasteiger partial charge < -0.3 is 0 Å². The van der Waals surface area contributed by atoms with Crippen molar-refractivity contribution < 1.29 is 0 Å². The first kappa shape index (κ1) is 7.13. The lowest BCUT2D eigenvalue weighted by atomic mass is 10.4. The van der Waals surface area contributed by atoms with E-state index in [2.05, 4.69) is 0 Å². The minimum Gasteiger partial charge on any atom is -0.0845 e. The number of benzene rings is 1. The zero-order valence-electron chi connectivity index (χ0n) is 4.99. The van der Waals surface area contributed by atoms with Crippen molar-refractivity contribution >= 4 is 38.6 Å². The van der Waals surface area contributed by atoms with E-state index in [-0.39, 0.29) is 0 Å². The van der Waals surface area contributed by atoms with Crippen molar-refractivity contribution in [1.29, 1.82) is 0 Å². The lowest BCUT2D eigenvalue weighted by Gasteiger charge is -1.95. The molecule has 0 unspecified atom stereocenters. The summed E-state index contributed by atoms with van der Waals surface area (Å²) in [6.45, 7) is 0. The summed E-state index contributed by atoms with van der Waals surface area (Å²) >= 11 is 11.4. The van der Waals surface area contributed by atoms with Crippen molar-refractivity contribution in [1.82, 2.24) is 0 Å². The molecule has 0 radical (unpaired) electrons. The Morgan fingerprint density at radius 3 is 2.33 bits per heavy atom. The van der Waals surface area contributed by atoms with Gasteiger partial charge in [0.1, 0.15) is 0 Å². The summed E-state index contributed by atoms with van der Waals surface area (Å²) in [4.78, 5) is 0. The van der Waals surface area contributed by atoms with Gasteiger partial charge in [0.2, 0.25) is 0 Å². The third-order valence-corrected chi connectivity index (χ3v) is 2.92. The molecule has 0 N–H and O–H groups in total. The molecule has 3 heteroatoms. The highest BCUT2D eigenvalue weighted by Crippen LogP contribution is 2.09. The largest absolute Gasteiger partial charge is 0.0845 e. The topological polar surface area (TPSA) is 0 Å². The van der Waals surface area contributed by atoms with Crippen LogP contribution in [-0.4, -0.2) is 10.2 Å². The highest BCUT2D eigenvalue weighted by atomic mass is 35.5. The Morgan fingerprint density at radius 2 is 1.89 bits per heavy atom. The van der Waals surface area contributed by atoms with Crippen molar-refractivity contribution in [2.45, 2.75) is 0 Å². The molecule has 0 saturated heterocycles. The maximum atomic E-state index is 5.76. The SMILES string of the molecule is [SiH3]c1cc(Cl)ccc1Cl. The molecule has 0 atom stereocenters. The number of hydrogen-bond donors (Lipinski definition) is 0. The van der Waals surface area contributed by atoms with Crippen LogP contribution in [0.4, 0.5) is 0 Å². The number of hydrogen-bond acceptors (Lipinski definition) is 0. The number of rotatable bonds is 0. The van der Waals surface area contributed by atoms with E-state index in [1.165, 1.54) is 0 Å². The quantitative estimate of drug-likeness (QED) is 0.518. The first-order chi connectivity index (χ1) is 4.20. The fraction of sp³-hybridized carbons (Fsp3) is 0. The van der Waals surface area contributed by atoms with Crippen LogP contribution < -0.4 is 5.19 Å². The van der Waals surface area contributed by atoms with E-state index < -0.39 is 0 Å². The molecule has 0 spiro atoms. The normalized spacial score (nSPS) is 10.0. The van der Waals surface area contributed by atoms with Gasteiger partial charge in [0.25, 0.3) is 0 Å². The van der Waals surface area contributed by atoms with Crippen molar-refractivity contribution in [2.24, 2.45) is 0 Å². The zero-order valence-corrected chi connectivity index (χ0v) is 8.50. The van der Waals surface area contributed by atoms with Crippen LogP contribution in [0, 0.1) is 0 Å². The van der Waals surface area contributed by atoms with Crippen molar-refractivity contribution in [3.05, 3.63) is 28.2 Å². The summed E-state index contributed by atoms with van der Waals surface area (Å²) in [6.07, 6.45) is 0. The molecule has 0 aliphatic rings. The lowest BCUT2D eigenvalue weighted by molar-refractivity contribution is 1.76. The molecule has 0 aromatic heterocycles. The zero-order chi connectivity index (χ0) is 6.85. The van der Waals surface area contributed by atoms with Gasteiger partial charge in [-0.2, -0.15) is 0 Å². The summed E-state index contributed by atoms with van der Waals surface area (Å²) in [5.41, 5.74) is 0. The van der Waals surface area contributed by atoms with E-state index in [9.17, 15) is 0 Å². The minimum atomic E-state index is 0.768. The Labute approximate surface area is 67.2 Å². The van der Waals surface area contributed by atoms with Gasteiger partial charge in [0.05, 0.1) is 0 Å². The van der Waals surface area contributed by atoms with E-state index in [1.807, 2.05) is 12.1 Å². The van der Waals surface area contributed by atoms with Gasteiger partial charge in [-0.25, -0.2) is 0 Å². The fourth-order valence-electron chi connectivity index (χ4n) is 0.608. The summed E-state index contributed by atoms with van der Waals surface area (Å²) in [7, 11) is 0.958. The van der Waals surface area contributed by atoms with Crippen molar-refractivity contribution in [3.63, 3.8) is 0 Å². The third-order valence-electron chi connectivity index (χ3n) is 1.12. The maximum absolute atomic E-state index is 5.76. The van der Waals surface area contributed by atoms with Crippen LogP contribution in [0.25, 0.3) is 0 Å². The van der Waals surface area contributed by atoms with Gasteiger partial charge in [-0.1, -0.05) is 28.4 Å². The molecule has 0 heterocycles. The van der Waals surface area contributed by atoms with Gasteiger partial charge in [-0.15, -0.1) is 0 Å². The average Bonchev–Trinajstić information content (AvgIpc) is 1.80. The van der Waals surface area contributed by atoms with Gasteiger partial charge in [0.15, 0.2) is 0 Å². The van der Waals surface area contributed by atoms with Crippen molar-refractivity contribution in [2.75, 3.05) is 0 Å². The van der Waals surface area contributed by atoms with E-state index in [0.29, 0.717) is 0 Å². The predicted molar refractivity (Wildman–Crippen MR) is 46.0 cm³/mol. The Hall–Kier alpha value is 0.0169. The first-order valence-electron chi connectivity index (χ1n) is 2.62. The molecule has 1 aromatic carbocycles. The minimum absolute atomic E-state index is 0.768. The summed E-state index contributed by atoms with van der Waals surface area (Å²) in [5.74, 6) is 0. The molecule has 9 heavy (non-hydrogen) atoms. The van der Waals surface area contributed by atoms with E-state index in [4.69, 9.17) is 23.2 Å². The van der Waals surface area contributed by atoms with Crippen LogP contribution >= 0.6 is 23.2 Å². The number of halogens is 2. The standard InChI is InChI=1S/C6H6Cl2Si/c7-4-1-2-5(8)6(9)3-4/h1-3H,9H3. The molecule has 0 amide bonds. The van der Waals surface area contributed by atoms with Crippen LogP contribution in [0.15, 0.2) is 18.2 Å². The lowest BCUT2D eigenvalue weighted by Crippen LogP contribution is -2.01. The van der Waals surface area contributed by atoms with Gasteiger partial charge in [-0.3, -0.25) is 0 Å². The molecule has 0 bridgehead atoms. The second kappa shape index (κ2) is 2.73. The molecule has 1 aromatic rings. The summed E-state index contributed by atoms with van der Waals surface area (Å²) in [6, 6.07) is 5.52. The first-order valence-corrected chi connectivity index (χ1v) is 4.37. The Morgan fingerprint density at radius 1 is 1.22 bits per heavy atom. The van der Waals surface area contributed by atoms with E-state index >= 15 is 0 Å². The highest BCUT2D eigenvalue weighted by molar-refractivity contribution is 6.46. The molecule has 0 nitrogen and oxygen atoms in total. The van der Waals surface area contributed by atoms with Crippen molar-refractivity contribution in [3.8, 4) is 0 Å². The second-order valence-electron chi connectivity index (χ2n) is 1.89. The fourth-order valence-corrected chi connectivity index (χ4v) is 1.61. The second-order valence-corrected chi connectivity index (χ2v) is 3.81. The van der Waals surface area contributed by atoms with E-state index in [1.54, 1.807) is 6.07 Å². The summed E-state index contributed by atoms with van der Waals surface area (Å²) in [5, 5.41) is 2.75. The maximum Gasteiger partial charge on any atom is 0.0405 e. The van der Waals surface area contributed by atoms with Crippen LogP contribution in [0.1, 0.15) is 0 Å². The Kier molecular flexibility index (Phi) is 2.16.